The molecule has 0 aromatic heterocycles. The molecule has 2 fully saturated rings. The quantitative estimate of drug-likeness (QED) is 0.677. The standard InChI is InChI=1S/C15H28N2O2/c1-12-10-15(11-16(12)5)6-8-17(9-7-15)13(18)19-14(2,3)4/h12H,6-11H2,1-5H3. The lowest BCUT2D eigenvalue weighted by Gasteiger charge is -2.39. The second-order valence-electron chi connectivity index (χ2n) is 7.44. The van der Waals surface area contributed by atoms with Gasteiger partial charge >= 0.3 is 6.09 Å². The SMILES string of the molecule is CC1CC2(CCN(C(=O)OC(C)(C)C)CC2)CN1C. The van der Waals surface area contributed by atoms with Crippen molar-refractivity contribution in [1.82, 2.24) is 9.80 Å². The molecule has 110 valence electrons. The van der Waals surface area contributed by atoms with Crippen molar-refractivity contribution in [3.63, 3.8) is 0 Å². The molecule has 2 heterocycles. The van der Waals surface area contributed by atoms with Crippen LogP contribution in [0.15, 0.2) is 0 Å². The molecule has 0 aliphatic carbocycles. The van der Waals surface area contributed by atoms with Crippen LogP contribution in [-0.4, -0.2) is 54.2 Å². The van der Waals surface area contributed by atoms with E-state index in [0.717, 1.165) is 25.9 Å². The average Bonchev–Trinajstić information content (AvgIpc) is 2.52. The minimum Gasteiger partial charge on any atom is -0.444 e. The van der Waals surface area contributed by atoms with Crippen LogP contribution in [0.25, 0.3) is 0 Å². The van der Waals surface area contributed by atoms with Gasteiger partial charge in [0, 0.05) is 25.7 Å². The number of likely N-dealkylation sites (tertiary alicyclic amines) is 2. The van der Waals surface area contributed by atoms with Crippen LogP contribution in [0, 0.1) is 5.41 Å². The first kappa shape index (κ1) is 14.6. The Labute approximate surface area is 117 Å². The van der Waals surface area contributed by atoms with Gasteiger partial charge in [0.25, 0.3) is 0 Å². The van der Waals surface area contributed by atoms with Crippen molar-refractivity contribution in [2.45, 2.75) is 58.6 Å². The third kappa shape index (κ3) is 3.41. The van der Waals surface area contributed by atoms with Crippen LogP contribution in [0.3, 0.4) is 0 Å². The average molecular weight is 268 g/mol. The fourth-order valence-corrected chi connectivity index (χ4v) is 3.38. The van der Waals surface area contributed by atoms with Gasteiger partial charge in [-0.05, 0) is 59.4 Å². The minimum atomic E-state index is -0.395. The first-order chi connectivity index (χ1) is 8.71. The molecule has 0 N–H and O–H groups in total. The van der Waals surface area contributed by atoms with Gasteiger partial charge in [-0.3, -0.25) is 0 Å². The largest absolute Gasteiger partial charge is 0.444 e. The van der Waals surface area contributed by atoms with E-state index in [1.165, 1.54) is 13.0 Å². The maximum Gasteiger partial charge on any atom is 0.410 e. The van der Waals surface area contributed by atoms with Crippen molar-refractivity contribution in [2.75, 3.05) is 26.7 Å². The number of hydrogen-bond acceptors (Lipinski definition) is 3. The Kier molecular flexibility index (Phi) is 3.83. The van der Waals surface area contributed by atoms with Gasteiger partial charge in [-0.25, -0.2) is 4.79 Å². The lowest BCUT2D eigenvalue weighted by Crippen LogP contribution is -2.45. The molecule has 0 aromatic carbocycles. The molecule has 1 amide bonds. The molecule has 2 aliphatic heterocycles. The highest BCUT2D eigenvalue weighted by molar-refractivity contribution is 5.68. The van der Waals surface area contributed by atoms with Gasteiger partial charge in [-0.15, -0.1) is 0 Å². The van der Waals surface area contributed by atoms with Crippen molar-refractivity contribution in [2.24, 2.45) is 5.41 Å². The Morgan fingerprint density at radius 2 is 1.84 bits per heavy atom. The summed E-state index contributed by atoms with van der Waals surface area (Å²) >= 11 is 0. The van der Waals surface area contributed by atoms with E-state index < -0.39 is 5.60 Å². The van der Waals surface area contributed by atoms with E-state index in [4.69, 9.17) is 4.74 Å². The monoisotopic (exact) mass is 268 g/mol. The number of carbonyl (C=O) groups is 1. The highest BCUT2D eigenvalue weighted by Gasteiger charge is 2.43. The van der Waals surface area contributed by atoms with E-state index in [-0.39, 0.29) is 6.09 Å². The third-order valence-electron chi connectivity index (χ3n) is 4.54. The first-order valence-corrected chi connectivity index (χ1v) is 7.39. The van der Waals surface area contributed by atoms with E-state index >= 15 is 0 Å². The molecule has 0 aromatic rings. The molecule has 19 heavy (non-hydrogen) atoms. The summed E-state index contributed by atoms with van der Waals surface area (Å²) < 4.78 is 5.45. The smallest absolute Gasteiger partial charge is 0.410 e. The zero-order chi connectivity index (χ0) is 14.3. The zero-order valence-electron chi connectivity index (χ0n) is 13.0. The number of hydrogen-bond donors (Lipinski definition) is 0. The zero-order valence-corrected chi connectivity index (χ0v) is 13.0. The Morgan fingerprint density at radius 3 is 2.26 bits per heavy atom. The van der Waals surface area contributed by atoms with Crippen molar-refractivity contribution in [3.8, 4) is 0 Å². The fourth-order valence-electron chi connectivity index (χ4n) is 3.38. The molecule has 4 heteroatoms. The summed E-state index contributed by atoms with van der Waals surface area (Å²) in [6, 6.07) is 0.674. The number of rotatable bonds is 0. The van der Waals surface area contributed by atoms with E-state index in [1.54, 1.807) is 0 Å². The summed E-state index contributed by atoms with van der Waals surface area (Å²) in [5, 5.41) is 0. The van der Waals surface area contributed by atoms with E-state index in [2.05, 4.69) is 18.9 Å². The molecular weight excluding hydrogens is 240 g/mol. The highest BCUT2D eigenvalue weighted by Crippen LogP contribution is 2.42. The molecular formula is C15H28N2O2. The molecule has 1 unspecified atom stereocenters. The number of piperidine rings is 1. The normalized spacial score (nSPS) is 27.8. The summed E-state index contributed by atoms with van der Waals surface area (Å²) in [6.07, 6.45) is 3.34. The molecule has 1 atom stereocenters. The molecule has 4 nitrogen and oxygen atoms in total. The van der Waals surface area contributed by atoms with Gasteiger partial charge in [0.1, 0.15) is 5.60 Å². The first-order valence-electron chi connectivity index (χ1n) is 7.39. The van der Waals surface area contributed by atoms with Gasteiger partial charge in [0.05, 0.1) is 0 Å². The lowest BCUT2D eigenvalue weighted by atomic mass is 9.77. The van der Waals surface area contributed by atoms with Crippen LogP contribution in [0.2, 0.25) is 0 Å². The van der Waals surface area contributed by atoms with Gasteiger partial charge in [0.2, 0.25) is 0 Å². The summed E-state index contributed by atoms with van der Waals surface area (Å²) in [5.41, 5.74) is 0.0426. The summed E-state index contributed by atoms with van der Waals surface area (Å²) in [5.74, 6) is 0. The molecule has 0 radical (unpaired) electrons. The Bertz CT molecular complexity index is 329. The molecule has 2 saturated heterocycles. The van der Waals surface area contributed by atoms with Crippen molar-refractivity contribution in [3.05, 3.63) is 0 Å². The van der Waals surface area contributed by atoms with E-state index in [9.17, 15) is 4.79 Å². The topological polar surface area (TPSA) is 32.8 Å². The Balaban J connectivity index is 1.88. The summed E-state index contributed by atoms with van der Waals surface area (Å²) in [6.45, 7) is 10.9. The van der Waals surface area contributed by atoms with Crippen LogP contribution in [0.1, 0.15) is 47.0 Å². The van der Waals surface area contributed by atoms with E-state index in [0.29, 0.717) is 11.5 Å². The van der Waals surface area contributed by atoms with Crippen LogP contribution < -0.4 is 0 Å². The lowest BCUT2D eigenvalue weighted by molar-refractivity contribution is 0.0112. The van der Waals surface area contributed by atoms with Crippen LogP contribution in [-0.2, 0) is 4.74 Å². The number of amides is 1. The number of carbonyl (C=O) groups excluding carboxylic acids is 1. The highest BCUT2D eigenvalue weighted by atomic mass is 16.6. The van der Waals surface area contributed by atoms with Crippen molar-refractivity contribution < 1.29 is 9.53 Å². The molecule has 1 spiro atoms. The molecule has 0 bridgehead atoms. The van der Waals surface area contributed by atoms with Crippen LogP contribution in [0.5, 0.6) is 0 Å². The van der Waals surface area contributed by atoms with Gasteiger partial charge in [0.15, 0.2) is 0 Å². The fraction of sp³-hybridized carbons (Fsp3) is 0.933. The van der Waals surface area contributed by atoms with Gasteiger partial charge in [-0.1, -0.05) is 0 Å². The predicted octanol–water partition coefficient (Wildman–Crippen LogP) is 2.73. The van der Waals surface area contributed by atoms with E-state index in [1.807, 2.05) is 25.7 Å². The Morgan fingerprint density at radius 1 is 1.26 bits per heavy atom. The number of nitrogens with zero attached hydrogens (tertiary/aromatic N) is 2. The number of ether oxygens (including phenoxy) is 1. The van der Waals surface area contributed by atoms with Gasteiger partial charge < -0.3 is 14.5 Å². The maximum atomic E-state index is 12.0. The molecule has 2 aliphatic rings. The summed E-state index contributed by atoms with van der Waals surface area (Å²) in [7, 11) is 2.21. The predicted molar refractivity (Wildman–Crippen MR) is 76.2 cm³/mol. The van der Waals surface area contributed by atoms with Crippen LogP contribution in [0.4, 0.5) is 4.79 Å². The second kappa shape index (κ2) is 4.97. The van der Waals surface area contributed by atoms with Crippen LogP contribution >= 0.6 is 0 Å². The van der Waals surface area contributed by atoms with Crippen molar-refractivity contribution >= 4 is 6.09 Å². The van der Waals surface area contributed by atoms with Gasteiger partial charge in [-0.2, -0.15) is 0 Å². The minimum absolute atomic E-state index is 0.151. The second-order valence-corrected chi connectivity index (χ2v) is 7.44. The van der Waals surface area contributed by atoms with Crippen molar-refractivity contribution in [1.29, 1.82) is 0 Å². The maximum absolute atomic E-state index is 12.0. The Hall–Kier alpha value is -0.770. The molecule has 2 rings (SSSR count). The third-order valence-corrected chi connectivity index (χ3v) is 4.54. The summed E-state index contributed by atoms with van der Waals surface area (Å²) in [4.78, 5) is 16.4. The molecule has 0 saturated carbocycles.